The van der Waals surface area contributed by atoms with E-state index in [1.54, 1.807) is 7.11 Å². The smallest absolute Gasteiger partial charge is 0.276 e. The third-order valence-corrected chi connectivity index (χ3v) is 6.63. The van der Waals surface area contributed by atoms with Crippen LogP contribution in [0.5, 0.6) is 5.75 Å². The second kappa shape index (κ2) is 7.88. The first-order valence-corrected chi connectivity index (χ1v) is 10.8. The van der Waals surface area contributed by atoms with E-state index in [9.17, 15) is 8.42 Å². The summed E-state index contributed by atoms with van der Waals surface area (Å²) in [6, 6.07) is 9.15. The van der Waals surface area contributed by atoms with Gasteiger partial charge < -0.3 is 18.5 Å². The van der Waals surface area contributed by atoms with Gasteiger partial charge in [-0.2, -0.15) is 4.31 Å². The van der Waals surface area contributed by atoms with Gasteiger partial charge in [0.2, 0.25) is 11.0 Å². The van der Waals surface area contributed by atoms with Gasteiger partial charge in [-0.05, 0) is 24.3 Å². The third kappa shape index (κ3) is 3.85. The van der Waals surface area contributed by atoms with Crippen LogP contribution >= 0.6 is 0 Å². The summed E-state index contributed by atoms with van der Waals surface area (Å²) in [6.07, 6.45) is 1.93. The van der Waals surface area contributed by atoms with Gasteiger partial charge in [0.05, 0.1) is 12.7 Å². The van der Waals surface area contributed by atoms with Crippen LogP contribution in [0.1, 0.15) is 12.8 Å². The van der Waals surface area contributed by atoms with Crippen molar-refractivity contribution in [2.75, 3.05) is 38.2 Å². The second-order valence-corrected chi connectivity index (χ2v) is 8.47. The molecule has 1 fully saturated rings. The van der Waals surface area contributed by atoms with Gasteiger partial charge in [0.15, 0.2) is 0 Å². The van der Waals surface area contributed by atoms with Gasteiger partial charge in [0.1, 0.15) is 12.0 Å². The van der Waals surface area contributed by atoms with Crippen LogP contribution in [0.15, 0.2) is 50.5 Å². The molecule has 0 aliphatic carbocycles. The molecule has 0 radical (unpaired) electrons. The number of anilines is 1. The van der Waals surface area contributed by atoms with Gasteiger partial charge in [-0.3, -0.25) is 0 Å². The van der Waals surface area contributed by atoms with Gasteiger partial charge in [0, 0.05) is 44.4 Å². The number of aromatic nitrogens is 2. The zero-order valence-electron chi connectivity index (χ0n) is 16.2. The number of rotatable bonds is 6. The molecular weight excluding hydrogens is 396 g/mol. The van der Waals surface area contributed by atoms with E-state index in [-0.39, 0.29) is 11.0 Å². The number of aryl methyl sites for hydroxylation is 1. The average molecular weight is 418 g/mol. The fraction of sp³-hybridized carbons (Fsp3) is 0.368. The van der Waals surface area contributed by atoms with E-state index in [0.29, 0.717) is 44.1 Å². The topological polar surface area (TPSA) is 102 Å². The van der Waals surface area contributed by atoms with E-state index in [2.05, 4.69) is 15.1 Å². The van der Waals surface area contributed by atoms with Crippen molar-refractivity contribution < 1.29 is 22.0 Å². The van der Waals surface area contributed by atoms with Gasteiger partial charge in [0.25, 0.3) is 15.9 Å². The lowest BCUT2D eigenvalue weighted by Gasteiger charge is -2.34. The maximum absolute atomic E-state index is 13.0. The lowest BCUT2D eigenvalue weighted by Crippen LogP contribution is -2.48. The minimum absolute atomic E-state index is 0.123. The fourth-order valence-electron chi connectivity index (χ4n) is 3.18. The summed E-state index contributed by atoms with van der Waals surface area (Å²) in [7, 11) is -2.11. The van der Waals surface area contributed by atoms with Crippen LogP contribution in [-0.2, 0) is 16.4 Å². The maximum Gasteiger partial charge on any atom is 0.276 e. The van der Waals surface area contributed by atoms with Gasteiger partial charge in [-0.25, -0.2) is 8.42 Å². The summed E-state index contributed by atoms with van der Waals surface area (Å²) >= 11 is 0. The van der Waals surface area contributed by atoms with Crippen molar-refractivity contribution in [3.63, 3.8) is 0 Å². The Balaban J connectivity index is 1.44. The number of sulfonamides is 1. The van der Waals surface area contributed by atoms with Gasteiger partial charge in [-0.1, -0.05) is 6.92 Å². The highest BCUT2D eigenvalue weighted by Crippen LogP contribution is 2.27. The molecule has 1 aliphatic heterocycles. The summed E-state index contributed by atoms with van der Waals surface area (Å²) in [5, 5.41) is 7.69. The summed E-state index contributed by atoms with van der Waals surface area (Å²) in [5.74, 6) is 1.52. The van der Waals surface area contributed by atoms with Crippen molar-refractivity contribution in [2.45, 2.75) is 18.4 Å². The Labute approximate surface area is 168 Å². The van der Waals surface area contributed by atoms with Crippen LogP contribution < -0.4 is 9.64 Å². The number of hydrogen-bond acceptors (Lipinski definition) is 8. The highest BCUT2D eigenvalue weighted by molar-refractivity contribution is 7.89. The van der Waals surface area contributed by atoms with Crippen molar-refractivity contribution >= 4 is 15.7 Å². The van der Waals surface area contributed by atoms with Crippen molar-refractivity contribution in [2.24, 2.45) is 0 Å². The molecule has 1 aliphatic rings. The van der Waals surface area contributed by atoms with Crippen molar-refractivity contribution in [3.8, 4) is 17.2 Å². The first-order chi connectivity index (χ1) is 14.0. The molecule has 3 aromatic rings. The third-order valence-electron chi connectivity index (χ3n) is 4.86. The van der Waals surface area contributed by atoms with E-state index >= 15 is 0 Å². The molecule has 0 amide bonds. The summed E-state index contributed by atoms with van der Waals surface area (Å²) in [6.45, 7) is 3.80. The molecule has 29 heavy (non-hydrogen) atoms. The molecular formula is C19H22N4O5S. The molecule has 2 aromatic heterocycles. The van der Waals surface area contributed by atoms with E-state index in [1.165, 1.54) is 16.6 Å². The van der Waals surface area contributed by atoms with E-state index in [1.807, 2.05) is 31.2 Å². The molecule has 1 aromatic carbocycles. The molecule has 0 atom stereocenters. The van der Waals surface area contributed by atoms with E-state index in [0.717, 1.165) is 11.4 Å². The molecule has 0 saturated carbocycles. The van der Waals surface area contributed by atoms with Crippen LogP contribution in [0.2, 0.25) is 0 Å². The average Bonchev–Trinajstić information content (AvgIpc) is 3.43. The Bertz CT molecular complexity index is 1070. The van der Waals surface area contributed by atoms with Crippen LogP contribution in [0.3, 0.4) is 0 Å². The van der Waals surface area contributed by atoms with Crippen molar-refractivity contribution in [3.05, 3.63) is 42.5 Å². The predicted octanol–water partition coefficient (Wildman–Crippen LogP) is 2.41. The number of piperazine rings is 1. The number of methoxy groups -OCH3 is 1. The second-order valence-electron chi connectivity index (χ2n) is 6.60. The van der Waals surface area contributed by atoms with Crippen molar-refractivity contribution in [1.82, 2.24) is 14.5 Å². The van der Waals surface area contributed by atoms with Crippen LogP contribution in [0.25, 0.3) is 11.5 Å². The Kier molecular flexibility index (Phi) is 5.29. The normalized spacial score (nSPS) is 15.6. The summed E-state index contributed by atoms with van der Waals surface area (Å²) in [4.78, 5) is 2.14. The Morgan fingerprint density at radius 2 is 1.83 bits per heavy atom. The lowest BCUT2D eigenvalue weighted by molar-refractivity contribution is 0.361. The van der Waals surface area contributed by atoms with Gasteiger partial charge >= 0.3 is 0 Å². The standard InChI is InChI=1S/C19H22N4O5S/c1-3-17-20-21-19(28-17)14-12-18(27-13-14)29(24,25)23-10-8-22(9-11-23)15-4-6-16(26-2)7-5-15/h4-7,12-13H,3,8-11H2,1-2H3. The van der Waals surface area contributed by atoms with Crippen LogP contribution in [0, 0.1) is 0 Å². The molecule has 0 bridgehead atoms. The van der Waals surface area contributed by atoms with Gasteiger partial charge in [-0.15, -0.1) is 10.2 Å². The molecule has 0 unspecified atom stereocenters. The highest BCUT2D eigenvalue weighted by atomic mass is 32.2. The minimum atomic E-state index is -3.73. The molecule has 1 saturated heterocycles. The molecule has 4 rings (SSSR count). The number of nitrogens with zero attached hydrogens (tertiary/aromatic N) is 4. The molecule has 0 N–H and O–H groups in total. The Morgan fingerprint density at radius 3 is 2.45 bits per heavy atom. The monoisotopic (exact) mass is 418 g/mol. The first kappa shape index (κ1) is 19.5. The molecule has 3 heterocycles. The molecule has 9 nitrogen and oxygen atoms in total. The lowest BCUT2D eigenvalue weighted by atomic mass is 10.2. The summed E-state index contributed by atoms with van der Waals surface area (Å²) < 4.78 is 43.3. The SMILES string of the molecule is CCc1nnc(-c2coc(S(=O)(=O)N3CCN(c4ccc(OC)cc4)CC3)c2)o1. The number of ether oxygens (including phenoxy) is 1. The Morgan fingerprint density at radius 1 is 1.10 bits per heavy atom. The Hall–Kier alpha value is -2.85. The zero-order valence-corrected chi connectivity index (χ0v) is 17.1. The molecule has 0 spiro atoms. The maximum atomic E-state index is 13.0. The fourth-order valence-corrected chi connectivity index (χ4v) is 4.53. The molecule has 154 valence electrons. The quantitative estimate of drug-likeness (QED) is 0.601. The number of hydrogen-bond donors (Lipinski definition) is 0. The number of furan rings is 1. The first-order valence-electron chi connectivity index (χ1n) is 9.31. The molecule has 10 heteroatoms. The zero-order chi connectivity index (χ0) is 20.4. The largest absolute Gasteiger partial charge is 0.497 e. The van der Waals surface area contributed by atoms with Crippen LogP contribution in [0.4, 0.5) is 5.69 Å². The minimum Gasteiger partial charge on any atom is -0.497 e. The predicted molar refractivity (Wildman–Crippen MR) is 105 cm³/mol. The highest BCUT2D eigenvalue weighted by Gasteiger charge is 2.31. The van der Waals surface area contributed by atoms with Crippen molar-refractivity contribution in [1.29, 1.82) is 0 Å². The summed E-state index contributed by atoms with van der Waals surface area (Å²) in [5.41, 5.74) is 1.49. The van der Waals surface area contributed by atoms with Crippen LogP contribution in [-0.4, -0.2) is 56.2 Å². The van der Waals surface area contributed by atoms with E-state index in [4.69, 9.17) is 13.6 Å². The van der Waals surface area contributed by atoms with E-state index < -0.39 is 10.0 Å². The number of benzene rings is 1.